The van der Waals surface area contributed by atoms with Crippen molar-refractivity contribution in [3.8, 4) is 23.0 Å². The summed E-state index contributed by atoms with van der Waals surface area (Å²) >= 11 is 11.8. The van der Waals surface area contributed by atoms with Crippen LogP contribution < -0.4 is 9.47 Å². The molecule has 1 aliphatic carbocycles. The van der Waals surface area contributed by atoms with Crippen molar-refractivity contribution in [1.82, 2.24) is 0 Å². The number of allylic oxidation sites excluding steroid dienone is 1. The smallest absolute Gasteiger partial charge is 0.311 e. The van der Waals surface area contributed by atoms with Gasteiger partial charge in [-0.3, -0.25) is 9.59 Å². The lowest BCUT2D eigenvalue weighted by Crippen LogP contribution is -2.22. The largest absolute Gasteiger partial charge is 0.457 e. The van der Waals surface area contributed by atoms with Crippen molar-refractivity contribution in [2.45, 2.75) is 20.0 Å². The fourth-order valence-electron chi connectivity index (χ4n) is 4.89. The molecular formula is C34H28Cl2O5. The van der Waals surface area contributed by atoms with Crippen LogP contribution >= 0.6 is 23.2 Å². The lowest BCUT2D eigenvalue weighted by molar-refractivity contribution is -0.150. The van der Waals surface area contributed by atoms with E-state index in [1.807, 2.05) is 74.5 Å². The van der Waals surface area contributed by atoms with Crippen LogP contribution in [0.15, 0.2) is 120 Å². The quantitative estimate of drug-likeness (QED) is 0.137. The van der Waals surface area contributed by atoms with Crippen molar-refractivity contribution in [1.29, 1.82) is 0 Å². The highest BCUT2D eigenvalue weighted by molar-refractivity contribution is 6.55. The summed E-state index contributed by atoms with van der Waals surface area (Å²) in [5, 5.41) is 0. The fourth-order valence-corrected chi connectivity index (χ4v) is 5.16. The first-order valence-electron chi connectivity index (χ1n) is 13.2. The standard InChI is InChI=1S/C34H28Cl2O5/c1-34(2)28(21-29(35)36)30(34)33(38)41-32(23-12-10-18-27(20-23)40-25-15-7-4-8-16-25)31(37)22-11-9-17-26(19-22)39-24-13-5-3-6-14-24/h3-21,28,30,32H,1-2H3/t28-,30-,32-/m0/s1. The van der Waals surface area contributed by atoms with Gasteiger partial charge < -0.3 is 14.2 Å². The average Bonchev–Trinajstić information content (AvgIpc) is 3.51. The molecule has 1 fully saturated rings. The maximum absolute atomic E-state index is 14.0. The Morgan fingerprint density at radius 1 is 0.732 bits per heavy atom. The Balaban J connectivity index is 1.45. The molecule has 0 aliphatic heterocycles. The molecule has 0 radical (unpaired) electrons. The van der Waals surface area contributed by atoms with E-state index >= 15 is 0 Å². The third-order valence-electron chi connectivity index (χ3n) is 7.18. The molecule has 208 valence electrons. The zero-order valence-corrected chi connectivity index (χ0v) is 24.0. The molecule has 4 aromatic rings. The van der Waals surface area contributed by atoms with Gasteiger partial charge in [0.05, 0.1) is 5.92 Å². The lowest BCUT2D eigenvalue weighted by Gasteiger charge is -2.19. The molecule has 0 saturated heterocycles. The molecule has 5 nitrogen and oxygen atoms in total. The number of para-hydroxylation sites is 2. The SMILES string of the molecule is CC1(C)[C@H](C(=O)O[C@H](C(=O)c2cccc(Oc3ccccc3)c2)c2cccc(Oc3ccccc3)c2)[C@@H]1C=C(Cl)Cl. The predicted molar refractivity (Wildman–Crippen MR) is 160 cm³/mol. The van der Waals surface area contributed by atoms with E-state index in [9.17, 15) is 9.59 Å². The summed E-state index contributed by atoms with van der Waals surface area (Å²) in [4.78, 5) is 27.5. The van der Waals surface area contributed by atoms with Gasteiger partial charge in [-0.2, -0.15) is 0 Å². The van der Waals surface area contributed by atoms with Crippen LogP contribution in [-0.4, -0.2) is 11.8 Å². The van der Waals surface area contributed by atoms with Crippen LogP contribution in [0.4, 0.5) is 0 Å². The molecule has 4 aromatic carbocycles. The molecule has 1 saturated carbocycles. The van der Waals surface area contributed by atoms with E-state index in [-0.39, 0.29) is 10.4 Å². The number of halogens is 2. The van der Waals surface area contributed by atoms with E-state index in [0.29, 0.717) is 34.1 Å². The van der Waals surface area contributed by atoms with E-state index in [0.717, 1.165) is 0 Å². The highest BCUT2D eigenvalue weighted by atomic mass is 35.5. The molecule has 1 aliphatic rings. The number of carbonyl (C=O) groups excluding carboxylic acids is 2. The number of ether oxygens (including phenoxy) is 3. The third-order valence-corrected chi connectivity index (χ3v) is 7.43. The Labute approximate surface area is 249 Å². The van der Waals surface area contributed by atoms with E-state index in [1.165, 1.54) is 0 Å². The third kappa shape index (κ3) is 6.82. The first-order valence-corrected chi connectivity index (χ1v) is 13.9. The van der Waals surface area contributed by atoms with Crippen molar-refractivity contribution in [3.05, 3.63) is 131 Å². The predicted octanol–water partition coefficient (Wildman–Crippen LogP) is 9.33. The summed E-state index contributed by atoms with van der Waals surface area (Å²) in [5.74, 6) is 0.669. The number of esters is 1. The molecule has 0 aromatic heterocycles. The van der Waals surface area contributed by atoms with Crippen LogP contribution in [0.3, 0.4) is 0 Å². The fraction of sp³-hybridized carbons (Fsp3) is 0.176. The van der Waals surface area contributed by atoms with Crippen LogP contribution in [0.2, 0.25) is 0 Å². The first kappa shape index (κ1) is 28.5. The molecule has 5 rings (SSSR count). The molecule has 0 bridgehead atoms. The molecule has 0 spiro atoms. The minimum Gasteiger partial charge on any atom is -0.457 e. The maximum Gasteiger partial charge on any atom is 0.311 e. The summed E-state index contributed by atoms with van der Waals surface area (Å²) in [5.41, 5.74) is 0.398. The molecular weight excluding hydrogens is 559 g/mol. The van der Waals surface area contributed by atoms with Gasteiger partial charge in [-0.15, -0.1) is 0 Å². The van der Waals surface area contributed by atoms with Gasteiger partial charge in [0.25, 0.3) is 0 Å². The highest BCUT2D eigenvalue weighted by Crippen LogP contribution is 2.60. The van der Waals surface area contributed by atoms with Gasteiger partial charge in [0.15, 0.2) is 6.10 Å². The first-order chi connectivity index (χ1) is 19.7. The van der Waals surface area contributed by atoms with Crippen molar-refractivity contribution in [2.75, 3.05) is 0 Å². The van der Waals surface area contributed by atoms with Gasteiger partial charge in [-0.05, 0) is 65.9 Å². The second kappa shape index (κ2) is 12.2. The van der Waals surface area contributed by atoms with Crippen LogP contribution in [0.1, 0.15) is 35.9 Å². The average molecular weight is 587 g/mol. The number of carbonyl (C=O) groups is 2. The molecule has 41 heavy (non-hydrogen) atoms. The Kier molecular flexibility index (Phi) is 8.48. The minimum atomic E-state index is -1.22. The normalized spacial score (nSPS) is 17.6. The summed E-state index contributed by atoms with van der Waals surface area (Å²) < 4.78 is 18.0. The van der Waals surface area contributed by atoms with Crippen LogP contribution in [0, 0.1) is 17.3 Å². The topological polar surface area (TPSA) is 61.8 Å². The minimum absolute atomic E-state index is 0.0898. The monoisotopic (exact) mass is 586 g/mol. The number of rotatable bonds is 10. The maximum atomic E-state index is 14.0. The van der Waals surface area contributed by atoms with Gasteiger partial charge in [0.2, 0.25) is 5.78 Å². The Hall–Kier alpha value is -4.06. The number of hydrogen-bond acceptors (Lipinski definition) is 5. The van der Waals surface area contributed by atoms with Gasteiger partial charge in [0.1, 0.15) is 27.5 Å². The summed E-state index contributed by atoms with van der Waals surface area (Å²) in [6, 6.07) is 32.4. The molecule has 0 unspecified atom stereocenters. The van der Waals surface area contributed by atoms with Crippen molar-refractivity contribution in [3.63, 3.8) is 0 Å². The second-order valence-corrected chi connectivity index (χ2v) is 11.4. The van der Waals surface area contributed by atoms with Crippen LogP contribution in [-0.2, 0) is 9.53 Å². The molecule has 3 atom stereocenters. The summed E-state index contributed by atoms with van der Waals surface area (Å²) in [6.07, 6.45) is 0.422. The summed E-state index contributed by atoms with van der Waals surface area (Å²) in [7, 11) is 0. The van der Waals surface area contributed by atoms with E-state index in [4.69, 9.17) is 37.4 Å². The van der Waals surface area contributed by atoms with Crippen molar-refractivity contribution < 1.29 is 23.8 Å². The van der Waals surface area contributed by atoms with E-state index in [1.54, 1.807) is 54.6 Å². The highest BCUT2D eigenvalue weighted by Gasteiger charge is 2.62. The van der Waals surface area contributed by atoms with Crippen LogP contribution in [0.25, 0.3) is 0 Å². The van der Waals surface area contributed by atoms with Gasteiger partial charge in [-0.25, -0.2) is 0 Å². The number of hydrogen-bond donors (Lipinski definition) is 0. The molecule has 0 heterocycles. The molecule has 0 N–H and O–H groups in total. The Morgan fingerprint density at radius 3 is 1.85 bits per heavy atom. The van der Waals surface area contributed by atoms with E-state index in [2.05, 4.69) is 0 Å². The van der Waals surface area contributed by atoms with Gasteiger partial charge in [0, 0.05) is 11.1 Å². The van der Waals surface area contributed by atoms with Gasteiger partial charge >= 0.3 is 5.97 Å². The lowest BCUT2D eigenvalue weighted by atomic mass is 9.99. The van der Waals surface area contributed by atoms with Crippen molar-refractivity contribution >= 4 is 35.0 Å². The number of ketones is 1. The second-order valence-electron chi connectivity index (χ2n) is 10.4. The number of benzene rings is 4. The summed E-state index contributed by atoms with van der Waals surface area (Å²) in [6.45, 7) is 3.87. The number of Topliss-reactive ketones (excluding diaryl/α,β-unsaturated/α-hetero) is 1. The van der Waals surface area contributed by atoms with Crippen LogP contribution in [0.5, 0.6) is 23.0 Å². The van der Waals surface area contributed by atoms with Gasteiger partial charge in [-0.1, -0.05) is 97.7 Å². The van der Waals surface area contributed by atoms with Crippen molar-refractivity contribution in [2.24, 2.45) is 17.3 Å². The molecule has 7 heteroatoms. The zero-order valence-electron chi connectivity index (χ0n) is 22.5. The zero-order chi connectivity index (χ0) is 29.0. The molecule has 0 amide bonds. The Morgan fingerprint density at radius 2 is 1.27 bits per heavy atom. The Bertz CT molecular complexity index is 1560. The van der Waals surface area contributed by atoms with E-state index < -0.39 is 29.2 Å².